The van der Waals surface area contributed by atoms with Gasteiger partial charge in [-0.05, 0) is 59.4 Å². The number of aromatic amines is 1. The zero-order chi connectivity index (χ0) is 18.0. The summed E-state index contributed by atoms with van der Waals surface area (Å²) in [5.41, 5.74) is 3.79. The molecule has 0 saturated heterocycles. The van der Waals surface area contributed by atoms with Crippen molar-refractivity contribution < 1.29 is 13.2 Å². The third-order valence-electron chi connectivity index (χ3n) is 4.20. The van der Waals surface area contributed by atoms with E-state index in [4.69, 9.17) is 0 Å². The molecule has 1 N–H and O–H groups in total. The van der Waals surface area contributed by atoms with E-state index in [1.807, 2.05) is 18.2 Å². The fourth-order valence-electron chi connectivity index (χ4n) is 2.65. The first-order chi connectivity index (χ1) is 11.8. The fraction of sp³-hybridized carbons (Fsp3) is 0.150. The van der Waals surface area contributed by atoms with E-state index in [9.17, 15) is 13.2 Å². The molecule has 0 spiro atoms. The van der Waals surface area contributed by atoms with E-state index < -0.39 is 11.7 Å². The summed E-state index contributed by atoms with van der Waals surface area (Å²) in [6.07, 6.45) is -1.25. The Hall–Kier alpha value is -2.82. The molecule has 2 nitrogen and oxygen atoms in total. The first-order valence-electron chi connectivity index (χ1n) is 7.81. The SMILES string of the molecule is C=C(CCC(=C)c1ccc2[nH]ncc2c1)c1ccc(C(F)(F)F)cc1. The molecule has 0 saturated carbocycles. The fourth-order valence-corrected chi connectivity index (χ4v) is 2.65. The van der Waals surface area contributed by atoms with Crippen molar-refractivity contribution in [1.29, 1.82) is 0 Å². The minimum absolute atomic E-state index is 0.633. The highest BCUT2D eigenvalue weighted by molar-refractivity contribution is 5.82. The molecule has 5 heteroatoms. The molecule has 3 aromatic rings. The maximum Gasteiger partial charge on any atom is 0.416 e. The summed E-state index contributed by atoms with van der Waals surface area (Å²) in [5.74, 6) is 0. The van der Waals surface area contributed by atoms with E-state index in [0.717, 1.165) is 39.7 Å². The summed E-state index contributed by atoms with van der Waals surface area (Å²) in [6.45, 7) is 8.09. The Labute approximate surface area is 143 Å². The zero-order valence-corrected chi connectivity index (χ0v) is 13.5. The lowest BCUT2D eigenvalue weighted by Crippen LogP contribution is -2.04. The second kappa shape index (κ2) is 6.59. The van der Waals surface area contributed by atoms with Gasteiger partial charge in [-0.15, -0.1) is 0 Å². The molecule has 0 atom stereocenters. The normalized spacial score (nSPS) is 11.6. The van der Waals surface area contributed by atoms with Gasteiger partial charge >= 0.3 is 6.18 Å². The van der Waals surface area contributed by atoms with Gasteiger partial charge in [-0.25, -0.2) is 0 Å². The molecule has 1 aromatic heterocycles. The highest BCUT2D eigenvalue weighted by atomic mass is 19.4. The highest BCUT2D eigenvalue weighted by Gasteiger charge is 2.29. The lowest BCUT2D eigenvalue weighted by Gasteiger charge is -2.11. The summed E-state index contributed by atoms with van der Waals surface area (Å²) < 4.78 is 37.8. The Bertz CT molecular complexity index is 918. The molecule has 0 fully saturated rings. The van der Waals surface area contributed by atoms with Crippen LogP contribution in [0, 0.1) is 0 Å². The first kappa shape index (κ1) is 17.0. The van der Waals surface area contributed by atoms with Crippen LogP contribution in [0.25, 0.3) is 22.0 Å². The monoisotopic (exact) mass is 342 g/mol. The van der Waals surface area contributed by atoms with Crippen molar-refractivity contribution in [3.05, 3.63) is 78.5 Å². The van der Waals surface area contributed by atoms with Gasteiger partial charge in [0.15, 0.2) is 0 Å². The van der Waals surface area contributed by atoms with Gasteiger partial charge < -0.3 is 0 Å². The summed E-state index contributed by atoms with van der Waals surface area (Å²) in [6, 6.07) is 11.0. The van der Waals surface area contributed by atoms with Gasteiger partial charge in [-0.2, -0.15) is 18.3 Å². The van der Waals surface area contributed by atoms with E-state index in [1.54, 1.807) is 6.20 Å². The summed E-state index contributed by atoms with van der Waals surface area (Å²) >= 11 is 0. The first-order valence-corrected chi connectivity index (χ1v) is 7.81. The van der Waals surface area contributed by atoms with Gasteiger partial charge in [0.25, 0.3) is 0 Å². The third kappa shape index (κ3) is 3.82. The van der Waals surface area contributed by atoms with Gasteiger partial charge in [0.1, 0.15) is 0 Å². The molecule has 0 aliphatic carbocycles. The van der Waals surface area contributed by atoms with Crippen LogP contribution in [-0.4, -0.2) is 10.2 Å². The maximum absolute atomic E-state index is 12.6. The van der Waals surface area contributed by atoms with Crippen LogP contribution in [0.3, 0.4) is 0 Å². The maximum atomic E-state index is 12.6. The predicted octanol–water partition coefficient (Wildman–Crippen LogP) is 6.09. The van der Waals surface area contributed by atoms with Crippen LogP contribution in [0.1, 0.15) is 29.5 Å². The lowest BCUT2D eigenvalue weighted by atomic mass is 9.96. The van der Waals surface area contributed by atoms with Gasteiger partial charge in [-0.1, -0.05) is 31.4 Å². The van der Waals surface area contributed by atoms with Gasteiger partial charge in [-0.3, -0.25) is 5.10 Å². The number of nitrogens with one attached hydrogen (secondary N) is 1. The molecule has 0 radical (unpaired) electrons. The minimum atomic E-state index is -4.32. The summed E-state index contributed by atoms with van der Waals surface area (Å²) in [7, 11) is 0. The number of aromatic nitrogens is 2. The number of halogens is 3. The van der Waals surface area contributed by atoms with E-state index in [2.05, 4.69) is 23.4 Å². The van der Waals surface area contributed by atoms with Crippen molar-refractivity contribution in [3.63, 3.8) is 0 Å². The van der Waals surface area contributed by atoms with Crippen LogP contribution in [0.4, 0.5) is 13.2 Å². The largest absolute Gasteiger partial charge is 0.416 e. The van der Waals surface area contributed by atoms with Gasteiger partial charge in [0.2, 0.25) is 0 Å². The lowest BCUT2D eigenvalue weighted by molar-refractivity contribution is -0.137. The van der Waals surface area contributed by atoms with E-state index in [-0.39, 0.29) is 0 Å². The van der Waals surface area contributed by atoms with Gasteiger partial charge in [0.05, 0.1) is 17.3 Å². The Morgan fingerprint density at radius 2 is 1.52 bits per heavy atom. The van der Waals surface area contributed by atoms with E-state index in [1.165, 1.54) is 12.1 Å². The zero-order valence-electron chi connectivity index (χ0n) is 13.5. The number of benzene rings is 2. The Morgan fingerprint density at radius 1 is 0.920 bits per heavy atom. The van der Waals surface area contributed by atoms with Crippen molar-refractivity contribution >= 4 is 22.0 Å². The Balaban J connectivity index is 1.64. The molecule has 128 valence electrons. The van der Waals surface area contributed by atoms with Gasteiger partial charge in [0, 0.05) is 5.39 Å². The van der Waals surface area contributed by atoms with Crippen LogP contribution in [0.5, 0.6) is 0 Å². The van der Waals surface area contributed by atoms with Crippen LogP contribution in [0.15, 0.2) is 61.8 Å². The minimum Gasteiger partial charge on any atom is -0.278 e. The molecule has 2 aromatic carbocycles. The third-order valence-corrected chi connectivity index (χ3v) is 4.20. The molecule has 1 heterocycles. The Kier molecular flexibility index (Phi) is 4.49. The molecule has 0 amide bonds. The second-order valence-electron chi connectivity index (χ2n) is 5.95. The number of hydrogen-bond acceptors (Lipinski definition) is 1. The van der Waals surface area contributed by atoms with E-state index in [0.29, 0.717) is 18.4 Å². The predicted molar refractivity (Wildman–Crippen MR) is 94.8 cm³/mol. The molecular weight excluding hydrogens is 325 g/mol. The Morgan fingerprint density at radius 3 is 2.16 bits per heavy atom. The summed E-state index contributed by atoms with van der Waals surface area (Å²) in [5, 5.41) is 7.90. The molecule has 0 bridgehead atoms. The molecule has 0 aliphatic rings. The van der Waals surface area contributed by atoms with Crippen molar-refractivity contribution in [2.45, 2.75) is 19.0 Å². The van der Waals surface area contributed by atoms with Crippen LogP contribution >= 0.6 is 0 Å². The number of fused-ring (bicyclic) bond motifs is 1. The van der Waals surface area contributed by atoms with Crippen LogP contribution in [-0.2, 0) is 6.18 Å². The molecule has 0 aliphatic heterocycles. The number of nitrogens with zero attached hydrogens (tertiary/aromatic N) is 1. The quantitative estimate of drug-likeness (QED) is 0.597. The van der Waals surface area contributed by atoms with Crippen molar-refractivity contribution in [1.82, 2.24) is 10.2 Å². The number of rotatable bonds is 5. The molecular formula is C20H17F3N2. The highest BCUT2D eigenvalue weighted by Crippen LogP contribution is 2.31. The number of allylic oxidation sites excluding steroid dienone is 2. The number of H-pyrrole nitrogens is 1. The molecule has 0 unspecified atom stereocenters. The van der Waals surface area contributed by atoms with Crippen LogP contribution in [0.2, 0.25) is 0 Å². The average molecular weight is 342 g/mol. The molecule has 25 heavy (non-hydrogen) atoms. The van der Waals surface area contributed by atoms with Crippen molar-refractivity contribution in [2.75, 3.05) is 0 Å². The average Bonchev–Trinajstić information content (AvgIpc) is 3.06. The summed E-state index contributed by atoms with van der Waals surface area (Å²) in [4.78, 5) is 0. The van der Waals surface area contributed by atoms with Crippen molar-refractivity contribution in [2.24, 2.45) is 0 Å². The van der Waals surface area contributed by atoms with Crippen molar-refractivity contribution in [3.8, 4) is 0 Å². The molecule has 3 rings (SSSR count). The van der Waals surface area contributed by atoms with Crippen LogP contribution < -0.4 is 0 Å². The smallest absolute Gasteiger partial charge is 0.278 e. The standard InChI is InChI=1S/C20H17F3N2/c1-13(15-5-8-18(9-6-15)20(21,22)23)3-4-14(2)16-7-10-19-17(11-16)12-24-25-19/h5-12H,1-4H2,(H,24,25). The van der Waals surface area contributed by atoms with E-state index >= 15 is 0 Å². The topological polar surface area (TPSA) is 28.7 Å². The number of hydrogen-bond donors (Lipinski definition) is 1. The second-order valence-corrected chi connectivity index (χ2v) is 5.95. The number of alkyl halides is 3.